The van der Waals surface area contributed by atoms with Crippen LogP contribution in [0.25, 0.3) is 132 Å². The van der Waals surface area contributed by atoms with Gasteiger partial charge in [0, 0.05) is 88.5 Å². The normalized spacial score (nSPS) is 13.7. The summed E-state index contributed by atoms with van der Waals surface area (Å²) in [5.74, 6) is 0.145. The number of aromatic nitrogens is 4. The number of fused-ring (bicyclic) bond motifs is 7. The number of allylic oxidation sites excluding steroid dienone is 4. The summed E-state index contributed by atoms with van der Waals surface area (Å²) in [6.45, 7) is 0. The molecule has 5 nitrogen and oxygen atoms in total. The van der Waals surface area contributed by atoms with Crippen LogP contribution in [-0.4, -0.2) is 19.9 Å². The zero-order valence-corrected chi connectivity index (χ0v) is 41.8. The number of para-hydroxylation sites is 1. The molecule has 5 heteroatoms. The summed E-state index contributed by atoms with van der Waals surface area (Å²) in [5.41, 5.74) is 18.9. The highest BCUT2D eigenvalue weighted by Gasteiger charge is 2.25. The number of hydrogen-bond acceptors (Lipinski definition) is 5. The molecule has 1 aliphatic rings. The van der Waals surface area contributed by atoms with Gasteiger partial charge in [0.1, 0.15) is 11.2 Å². The maximum absolute atomic E-state index is 7.25. The molecule has 360 valence electrons. The van der Waals surface area contributed by atoms with Crippen molar-refractivity contribution >= 4 is 76.2 Å². The van der Waals surface area contributed by atoms with Crippen molar-refractivity contribution in [3.05, 3.63) is 279 Å². The van der Waals surface area contributed by atoms with Gasteiger partial charge < -0.3 is 4.42 Å². The van der Waals surface area contributed by atoms with Crippen molar-refractivity contribution in [2.45, 2.75) is 12.3 Å². The summed E-state index contributed by atoms with van der Waals surface area (Å²) in [7, 11) is 0. The van der Waals surface area contributed by atoms with E-state index in [0.29, 0.717) is 0 Å². The van der Waals surface area contributed by atoms with Crippen LogP contribution >= 0.6 is 0 Å². The van der Waals surface area contributed by atoms with Gasteiger partial charge in [-0.15, -0.1) is 0 Å². The second-order valence-corrected chi connectivity index (χ2v) is 20.1. The van der Waals surface area contributed by atoms with E-state index in [1.54, 1.807) is 0 Å². The molecule has 0 radical (unpaired) electrons. The Morgan fingerprint density at radius 3 is 1.35 bits per heavy atom. The van der Waals surface area contributed by atoms with Gasteiger partial charge in [-0.05, 0) is 165 Å². The van der Waals surface area contributed by atoms with Crippen molar-refractivity contribution < 1.29 is 4.42 Å². The predicted octanol–water partition coefficient (Wildman–Crippen LogP) is 18.8. The molecule has 9 aromatic carbocycles. The maximum Gasteiger partial charge on any atom is 0.143 e. The molecular weight excluding hydrogens is 937 g/mol. The number of furan rings is 1. The van der Waals surface area contributed by atoms with Gasteiger partial charge >= 0.3 is 0 Å². The molecule has 0 bridgehead atoms. The van der Waals surface area contributed by atoms with Crippen molar-refractivity contribution in [2.24, 2.45) is 0 Å². The lowest BCUT2D eigenvalue weighted by molar-refractivity contribution is 0.670. The molecule has 1 aliphatic carbocycles. The van der Waals surface area contributed by atoms with Crippen LogP contribution in [0.5, 0.6) is 0 Å². The monoisotopic (exact) mass is 982 g/mol. The summed E-state index contributed by atoms with van der Waals surface area (Å²) in [5, 5.41) is 11.6. The first-order valence-electron chi connectivity index (χ1n) is 26.2. The highest BCUT2D eigenvalue weighted by Crippen LogP contribution is 2.50. The molecule has 77 heavy (non-hydrogen) atoms. The predicted molar refractivity (Wildman–Crippen MR) is 318 cm³/mol. The van der Waals surface area contributed by atoms with Crippen LogP contribution in [0.15, 0.2) is 266 Å². The third-order valence-electron chi connectivity index (χ3n) is 15.7. The fourth-order valence-corrected chi connectivity index (χ4v) is 12.3. The number of hydrogen-bond donors (Lipinski definition) is 0. The van der Waals surface area contributed by atoms with Crippen molar-refractivity contribution in [3.8, 4) is 55.6 Å². The van der Waals surface area contributed by atoms with Crippen LogP contribution in [0.2, 0.25) is 0 Å². The fraction of sp³-hybridized carbons (Fsp3) is 0.0278. The minimum atomic E-state index is 0.145. The summed E-state index contributed by atoms with van der Waals surface area (Å²) in [4.78, 5) is 18.1. The van der Waals surface area contributed by atoms with Crippen LogP contribution in [-0.2, 0) is 0 Å². The Bertz CT molecular complexity index is 4530. The standard InChI is InChI=1S/C72H46N4O/c1-3-20-59-57(18-1)68(58-19-2-4-21-60(58)69(59)54-36-50(46-14-10-30-73-41-46)34-51(37-54)47-15-11-31-74-42-47)45-28-29-56-65-26-9-27-66(72(65)77-67(56)40-45)71-63-24-7-5-22-61(63)70(62-23-6-8-25-64(62)71)55-38-52(48-16-12-32-75-43-48)35-53(39-55)49-17-13-33-76-44-49/h1-33,35-44,50H,34H2. The van der Waals surface area contributed by atoms with E-state index in [2.05, 4.69) is 208 Å². The Morgan fingerprint density at radius 1 is 0.338 bits per heavy atom. The van der Waals surface area contributed by atoms with E-state index in [9.17, 15) is 0 Å². The molecule has 14 aromatic rings. The van der Waals surface area contributed by atoms with Crippen LogP contribution in [0.1, 0.15) is 29.0 Å². The largest absolute Gasteiger partial charge is 0.455 e. The summed E-state index contributed by atoms with van der Waals surface area (Å²) in [6.07, 6.45) is 20.9. The number of rotatable bonds is 8. The minimum absolute atomic E-state index is 0.145. The topological polar surface area (TPSA) is 64.7 Å². The first-order chi connectivity index (χ1) is 38.2. The molecule has 5 heterocycles. The molecule has 15 rings (SSSR count). The van der Waals surface area contributed by atoms with Gasteiger partial charge in [-0.1, -0.05) is 158 Å². The highest BCUT2D eigenvalue weighted by molar-refractivity contribution is 6.25. The van der Waals surface area contributed by atoms with Crippen molar-refractivity contribution in [3.63, 3.8) is 0 Å². The van der Waals surface area contributed by atoms with E-state index in [1.165, 1.54) is 65.7 Å². The van der Waals surface area contributed by atoms with E-state index >= 15 is 0 Å². The van der Waals surface area contributed by atoms with Crippen LogP contribution in [0, 0.1) is 0 Å². The first-order valence-corrected chi connectivity index (χ1v) is 26.2. The number of benzene rings is 9. The molecule has 5 aromatic heterocycles. The third kappa shape index (κ3) is 7.54. The molecule has 0 N–H and O–H groups in total. The molecule has 1 unspecified atom stereocenters. The van der Waals surface area contributed by atoms with Crippen molar-refractivity contribution in [1.82, 2.24) is 19.9 Å². The molecule has 0 saturated heterocycles. The number of nitrogens with zero attached hydrogens (tertiary/aromatic N) is 4. The molecular formula is C72H46N4O. The van der Waals surface area contributed by atoms with Gasteiger partial charge in [0.15, 0.2) is 0 Å². The molecule has 0 spiro atoms. The Balaban J connectivity index is 0.912. The lowest BCUT2D eigenvalue weighted by Gasteiger charge is -2.25. The van der Waals surface area contributed by atoms with Crippen molar-refractivity contribution in [1.29, 1.82) is 0 Å². The quantitative estimate of drug-likeness (QED) is 0.142. The summed E-state index contributed by atoms with van der Waals surface area (Å²) in [6, 6.07) is 72.5. The number of pyridine rings is 4. The summed E-state index contributed by atoms with van der Waals surface area (Å²) >= 11 is 0. The van der Waals surface area contributed by atoms with E-state index < -0.39 is 0 Å². The molecule has 0 aliphatic heterocycles. The first kappa shape index (κ1) is 44.4. The highest BCUT2D eigenvalue weighted by atomic mass is 16.3. The van der Waals surface area contributed by atoms with Gasteiger partial charge in [-0.2, -0.15) is 0 Å². The second kappa shape index (κ2) is 18.4. The van der Waals surface area contributed by atoms with E-state index in [0.717, 1.165) is 89.2 Å². The minimum Gasteiger partial charge on any atom is -0.455 e. The fourth-order valence-electron chi connectivity index (χ4n) is 12.3. The van der Waals surface area contributed by atoms with Gasteiger partial charge in [-0.3, -0.25) is 19.9 Å². The maximum atomic E-state index is 7.25. The van der Waals surface area contributed by atoms with E-state index in [4.69, 9.17) is 4.42 Å². The Labute approximate surface area is 444 Å². The Morgan fingerprint density at radius 2 is 0.818 bits per heavy atom. The average Bonchev–Trinajstić information content (AvgIpc) is 4.11. The molecule has 0 fully saturated rings. The molecule has 0 amide bonds. The van der Waals surface area contributed by atoms with Gasteiger partial charge in [-0.25, -0.2) is 0 Å². The zero-order valence-electron chi connectivity index (χ0n) is 41.8. The third-order valence-corrected chi connectivity index (χ3v) is 15.7. The summed E-state index contributed by atoms with van der Waals surface area (Å²) < 4.78 is 7.25. The van der Waals surface area contributed by atoms with Crippen LogP contribution in [0.3, 0.4) is 0 Å². The van der Waals surface area contributed by atoms with E-state index in [-0.39, 0.29) is 5.92 Å². The average molecular weight is 983 g/mol. The van der Waals surface area contributed by atoms with Gasteiger partial charge in [0.25, 0.3) is 0 Å². The lowest BCUT2D eigenvalue weighted by atomic mass is 9.79. The van der Waals surface area contributed by atoms with Crippen LogP contribution < -0.4 is 0 Å². The second-order valence-electron chi connectivity index (χ2n) is 20.1. The van der Waals surface area contributed by atoms with Gasteiger partial charge in [0.05, 0.1) is 0 Å². The Kier molecular flexibility index (Phi) is 10.6. The van der Waals surface area contributed by atoms with Gasteiger partial charge in [0.2, 0.25) is 0 Å². The van der Waals surface area contributed by atoms with Crippen LogP contribution in [0.4, 0.5) is 0 Å². The Hall–Kier alpha value is -10.1. The molecule has 0 saturated carbocycles. The van der Waals surface area contributed by atoms with Crippen molar-refractivity contribution in [2.75, 3.05) is 0 Å². The molecule has 1 atom stereocenters. The lowest BCUT2D eigenvalue weighted by Crippen LogP contribution is -2.05. The smallest absolute Gasteiger partial charge is 0.143 e. The SMILES string of the molecule is C1=C(c2cccnc2)CC(c2cccnc2)C=C1c1c2ccccc2c(-c2ccc3c(c2)oc2c(-c4c5ccccc5c(-c5cc(-c6cccnc6)cc(-c6cccnc6)c5)c5ccccc45)cccc23)c2ccccc12. The zero-order chi connectivity index (χ0) is 50.8. The van der Waals surface area contributed by atoms with E-state index in [1.807, 2.05) is 73.8 Å².